The van der Waals surface area contributed by atoms with Crippen LogP contribution < -0.4 is 4.72 Å². The van der Waals surface area contributed by atoms with Gasteiger partial charge in [-0.1, -0.05) is 32.0 Å². The standard InChI is InChI=1S/C27H36N2O3S2/c1-4-25(22-10-9-20-7-5-6-8-21(20)17-22)28-34(31,32)23-11-12-26(33-3)24(18-23)27(30)29-15-13-19(2)14-16-29/h9-12,17-19,25,28H,4-8,13-16H2,1-3H3/t25-/m0/s1. The van der Waals surface area contributed by atoms with E-state index in [1.807, 2.05) is 18.1 Å². The maximum Gasteiger partial charge on any atom is 0.255 e. The molecule has 4 rings (SSSR count). The molecule has 1 aliphatic heterocycles. The van der Waals surface area contributed by atoms with Crippen molar-refractivity contribution in [1.82, 2.24) is 9.62 Å². The summed E-state index contributed by atoms with van der Waals surface area (Å²) in [5, 5.41) is 0. The van der Waals surface area contributed by atoms with Gasteiger partial charge in [-0.15, -0.1) is 11.8 Å². The molecule has 2 aliphatic rings. The molecule has 0 bridgehead atoms. The van der Waals surface area contributed by atoms with Crippen molar-refractivity contribution >= 4 is 27.7 Å². The van der Waals surface area contributed by atoms with Gasteiger partial charge < -0.3 is 4.90 Å². The first-order chi connectivity index (χ1) is 16.3. The van der Waals surface area contributed by atoms with E-state index in [1.165, 1.54) is 35.7 Å². The molecule has 0 aromatic heterocycles. The number of rotatable bonds is 7. The number of hydrogen-bond donors (Lipinski definition) is 1. The Morgan fingerprint density at radius 3 is 2.47 bits per heavy atom. The SMILES string of the molecule is CC[C@H](NS(=O)(=O)c1ccc(SC)c(C(=O)N2CCC(C)CC2)c1)c1ccc2c(c1)CCCC2. The van der Waals surface area contributed by atoms with Gasteiger partial charge in [-0.25, -0.2) is 13.1 Å². The summed E-state index contributed by atoms with van der Waals surface area (Å²) in [6.45, 7) is 5.65. The van der Waals surface area contributed by atoms with Crippen molar-refractivity contribution in [1.29, 1.82) is 0 Å². The van der Waals surface area contributed by atoms with Crippen molar-refractivity contribution in [2.24, 2.45) is 5.92 Å². The number of carbonyl (C=O) groups is 1. The van der Waals surface area contributed by atoms with Gasteiger partial charge in [0.05, 0.1) is 10.5 Å². The number of sulfonamides is 1. The maximum absolute atomic E-state index is 13.4. The first-order valence-corrected chi connectivity index (χ1v) is 15.1. The zero-order valence-corrected chi connectivity index (χ0v) is 22.1. The highest BCUT2D eigenvalue weighted by atomic mass is 32.2. The number of carbonyl (C=O) groups excluding carboxylic acids is 1. The molecule has 184 valence electrons. The molecule has 7 heteroatoms. The Morgan fingerprint density at radius 2 is 1.79 bits per heavy atom. The second-order valence-electron chi connectivity index (χ2n) is 9.65. The van der Waals surface area contributed by atoms with E-state index in [0.717, 1.165) is 49.2 Å². The van der Waals surface area contributed by atoms with Crippen LogP contribution in [0.1, 0.15) is 79.0 Å². The van der Waals surface area contributed by atoms with E-state index in [4.69, 9.17) is 0 Å². The van der Waals surface area contributed by atoms with Crippen LogP contribution in [0.25, 0.3) is 0 Å². The monoisotopic (exact) mass is 500 g/mol. The molecule has 1 fully saturated rings. The lowest BCUT2D eigenvalue weighted by molar-refractivity contribution is 0.0693. The van der Waals surface area contributed by atoms with Gasteiger partial charge in [0.2, 0.25) is 10.0 Å². The van der Waals surface area contributed by atoms with E-state index in [2.05, 4.69) is 29.8 Å². The lowest BCUT2D eigenvalue weighted by Gasteiger charge is -2.31. The Balaban J connectivity index is 1.59. The van der Waals surface area contributed by atoms with Gasteiger partial charge in [0, 0.05) is 24.0 Å². The highest BCUT2D eigenvalue weighted by Crippen LogP contribution is 2.30. The number of aryl methyl sites for hydroxylation is 2. The number of likely N-dealkylation sites (tertiary alicyclic amines) is 1. The maximum atomic E-state index is 13.4. The number of benzene rings is 2. The summed E-state index contributed by atoms with van der Waals surface area (Å²) in [4.78, 5) is 16.1. The Kier molecular flexibility index (Phi) is 8.05. The van der Waals surface area contributed by atoms with Crippen molar-refractivity contribution in [2.75, 3.05) is 19.3 Å². The normalized spacial score (nSPS) is 17.9. The fourth-order valence-electron chi connectivity index (χ4n) is 5.02. The molecule has 1 saturated heterocycles. The Bertz CT molecular complexity index is 1140. The van der Waals surface area contributed by atoms with Crippen LogP contribution in [0.4, 0.5) is 0 Å². The van der Waals surface area contributed by atoms with E-state index in [9.17, 15) is 13.2 Å². The fourth-order valence-corrected chi connectivity index (χ4v) is 6.92. The van der Waals surface area contributed by atoms with Crippen LogP contribution in [-0.2, 0) is 22.9 Å². The summed E-state index contributed by atoms with van der Waals surface area (Å²) >= 11 is 1.47. The minimum atomic E-state index is -3.79. The summed E-state index contributed by atoms with van der Waals surface area (Å²) in [7, 11) is -3.79. The summed E-state index contributed by atoms with van der Waals surface area (Å²) in [6.07, 6.45) is 9.11. The first-order valence-electron chi connectivity index (χ1n) is 12.4. The fraction of sp³-hybridized carbons (Fsp3) is 0.519. The van der Waals surface area contributed by atoms with Gasteiger partial charge in [-0.05, 0) is 92.0 Å². The molecule has 1 heterocycles. The third-order valence-corrected chi connectivity index (χ3v) is 9.53. The number of nitrogens with one attached hydrogen (secondary N) is 1. The predicted octanol–water partition coefficient (Wildman–Crippen LogP) is 5.59. The molecule has 1 N–H and O–H groups in total. The smallest absolute Gasteiger partial charge is 0.255 e. The largest absolute Gasteiger partial charge is 0.339 e. The summed E-state index contributed by atoms with van der Waals surface area (Å²) in [5.41, 5.74) is 4.21. The highest BCUT2D eigenvalue weighted by molar-refractivity contribution is 7.98. The third-order valence-electron chi connectivity index (χ3n) is 7.26. The minimum absolute atomic E-state index is 0.0740. The first kappa shape index (κ1) is 25.3. The molecule has 0 radical (unpaired) electrons. The molecule has 0 unspecified atom stereocenters. The molecule has 1 aliphatic carbocycles. The van der Waals surface area contributed by atoms with Crippen LogP contribution in [0.15, 0.2) is 46.2 Å². The average Bonchev–Trinajstić information content (AvgIpc) is 2.86. The van der Waals surface area contributed by atoms with Gasteiger partial charge in [-0.3, -0.25) is 4.79 Å². The molecular weight excluding hydrogens is 464 g/mol. The van der Waals surface area contributed by atoms with Gasteiger partial charge in [0.15, 0.2) is 0 Å². The van der Waals surface area contributed by atoms with Crippen LogP contribution in [0.3, 0.4) is 0 Å². The zero-order valence-electron chi connectivity index (χ0n) is 20.5. The van der Waals surface area contributed by atoms with Gasteiger partial charge in [-0.2, -0.15) is 0 Å². The molecule has 1 amide bonds. The van der Waals surface area contributed by atoms with Crippen molar-refractivity contribution in [2.45, 2.75) is 74.6 Å². The van der Waals surface area contributed by atoms with Crippen molar-refractivity contribution in [3.63, 3.8) is 0 Å². The summed E-state index contributed by atoms with van der Waals surface area (Å²) in [6, 6.07) is 11.0. The minimum Gasteiger partial charge on any atom is -0.339 e. The van der Waals surface area contributed by atoms with E-state index >= 15 is 0 Å². The van der Waals surface area contributed by atoms with Crippen LogP contribution in [-0.4, -0.2) is 38.6 Å². The zero-order chi connectivity index (χ0) is 24.3. The van der Waals surface area contributed by atoms with E-state index in [-0.39, 0.29) is 16.8 Å². The summed E-state index contributed by atoms with van der Waals surface area (Å²) < 4.78 is 29.7. The molecule has 34 heavy (non-hydrogen) atoms. The van der Waals surface area contributed by atoms with Crippen LogP contribution in [0, 0.1) is 5.92 Å². The molecule has 2 aromatic rings. The van der Waals surface area contributed by atoms with Crippen LogP contribution in [0.2, 0.25) is 0 Å². The summed E-state index contributed by atoms with van der Waals surface area (Å²) in [5.74, 6) is 0.546. The molecular formula is C27H36N2O3S2. The quantitative estimate of drug-likeness (QED) is 0.504. The lowest BCUT2D eigenvalue weighted by atomic mass is 9.89. The number of fused-ring (bicyclic) bond motifs is 1. The molecule has 1 atom stereocenters. The van der Waals surface area contributed by atoms with E-state index < -0.39 is 10.0 Å². The molecule has 5 nitrogen and oxygen atoms in total. The second-order valence-corrected chi connectivity index (χ2v) is 12.2. The van der Waals surface area contributed by atoms with Crippen molar-refractivity contribution in [3.8, 4) is 0 Å². The van der Waals surface area contributed by atoms with Gasteiger partial charge in [0.1, 0.15) is 0 Å². The number of thioether (sulfide) groups is 1. The molecule has 0 saturated carbocycles. The van der Waals surface area contributed by atoms with E-state index in [0.29, 0.717) is 17.9 Å². The third kappa shape index (κ3) is 5.52. The Labute approximate surface area is 208 Å². The predicted molar refractivity (Wildman–Crippen MR) is 139 cm³/mol. The highest BCUT2D eigenvalue weighted by Gasteiger charge is 2.27. The number of nitrogens with zero attached hydrogens (tertiary/aromatic N) is 1. The van der Waals surface area contributed by atoms with Crippen LogP contribution in [0.5, 0.6) is 0 Å². The number of hydrogen-bond acceptors (Lipinski definition) is 4. The Morgan fingerprint density at radius 1 is 1.09 bits per heavy atom. The lowest BCUT2D eigenvalue weighted by Crippen LogP contribution is -2.38. The molecule has 0 spiro atoms. The van der Waals surface area contributed by atoms with Gasteiger partial charge >= 0.3 is 0 Å². The second kappa shape index (κ2) is 10.8. The van der Waals surface area contributed by atoms with E-state index in [1.54, 1.807) is 18.2 Å². The van der Waals surface area contributed by atoms with Crippen molar-refractivity contribution < 1.29 is 13.2 Å². The van der Waals surface area contributed by atoms with Crippen molar-refractivity contribution in [3.05, 3.63) is 58.7 Å². The van der Waals surface area contributed by atoms with Gasteiger partial charge in [0.25, 0.3) is 5.91 Å². The Hall–Kier alpha value is -1.83. The average molecular weight is 501 g/mol. The topological polar surface area (TPSA) is 66.5 Å². The molecule has 2 aromatic carbocycles. The van der Waals surface area contributed by atoms with Crippen LogP contribution >= 0.6 is 11.8 Å². The number of piperidine rings is 1. The number of amides is 1.